The molecule has 0 unspecified atom stereocenters. The zero-order valence-electron chi connectivity index (χ0n) is 18.3. The van der Waals surface area contributed by atoms with Crippen molar-refractivity contribution in [2.75, 3.05) is 78.5 Å². The molecule has 0 bridgehead atoms. The third-order valence-corrected chi connectivity index (χ3v) is 6.82. The Balaban J connectivity index is 1.29. The van der Waals surface area contributed by atoms with Crippen LogP contribution >= 0.6 is 0 Å². The van der Waals surface area contributed by atoms with Crippen molar-refractivity contribution in [3.8, 4) is 0 Å². The average Bonchev–Trinajstić information content (AvgIpc) is 2.63. The molecule has 164 valence electrons. The Morgan fingerprint density at radius 1 is 0.607 bits per heavy atom. The van der Waals surface area contributed by atoms with Gasteiger partial charge in [0.1, 0.15) is 0 Å². The number of piperidine rings is 2. The molecule has 0 radical (unpaired) electrons. The standard InChI is InChI=1S/C22H44N4O2/c1-19-5-3-7-25(13-19)17-21(27)15-23-9-11-24(12-10-23)16-22(28)18-26-8-4-6-20(2)14-26/h19-22,27-28H,3-18H2,1-2H3/t19-,20+,21-,22+. The number of aliphatic hydroxyl groups excluding tert-OH is 2. The van der Waals surface area contributed by atoms with Crippen LogP contribution in [0.15, 0.2) is 0 Å². The van der Waals surface area contributed by atoms with E-state index in [2.05, 4.69) is 33.4 Å². The van der Waals surface area contributed by atoms with Gasteiger partial charge in [-0.15, -0.1) is 0 Å². The summed E-state index contributed by atoms with van der Waals surface area (Å²) in [5.41, 5.74) is 0. The van der Waals surface area contributed by atoms with Gasteiger partial charge in [0.25, 0.3) is 0 Å². The summed E-state index contributed by atoms with van der Waals surface area (Å²) >= 11 is 0. The molecule has 6 nitrogen and oxygen atoms in total. The van der Waals surface area contributed by atoms with Gasteiger partial charge in [-0.05, 0) is 50.6 Å². The summed E-state index contributed by atoms with van der Waals surface area (Å²) in [6, 6.07) is 0. The summed E-state index contributed by atoms with van der Waals surface area (Å²) in [5, 5.41) is 21.0. The van der Waals surface area contributed by atoms with Crippen molar-refractivity contribution in [1.29, 1.82) is 0 Å². The van der Waals surface area contributed by atoms with Crippen LogP contribution in [0.2, 0.25) is 0 Å². The number of likely N-dealkylation sites (tertiary alicyclic amines) is 2. The highest BCUT2D eigenvalue weighted by Crippen LogP contribution is 2.17. The molecule has 0 aromatic carbocycles. The number of hydrogen-bond donors (Lipinski definition) is 2. The second-order valence-corrected chi connectivity index (χ2v) is 9.92. The molecule has 28 heavy (non-hydrogen) atoms. The van der Waals surface area contributed by atoms with Crippen LogP contribution in [0.25, 0.3) is 0 Å². The smallest absolute Gasteiger partial charge is 0.0793 e. The fourth-order valence-electron chi connectivity index (χ4n) is 5.37. The second-order valence-electron chi connectivity index (χ2n) is 9.92. The zero-order valence-corrected chi connectivity index (χ0v) is 18.3. The molecule has 0 saturated carbocycles. The predicted octanol–water partition coefficient (Wildman–Crippen LogP) is 0.790. The fraction of sp³-hybridized carbons (Fsp3) is 1.00. The van der Waals surface area contributed by atoms with Gasteiger partial charge in [0.2, 0.25) is 0 Å². The van der Waals surface area contributed by atoms with Crippen LogP contribution in [0, 0.1) is 11.8 Å². The number of rotatable bonds is 8. The molecular weight excluding hydrogens is 352 g/mol. The molecule has 3 aliphatic heterocycles. The van der Waals surface area contributed by atoms with E-state index in [-0.39, 0.29) is 12.2 Å². The maximum Gasteiger partial charge on any atom is 0.0793 e. The Hall–Kier alpha value is -0.240. The van der Waals surface area contributed by atoms with Crippen LogP contribution in [0.3, 0.4) is 0 Å². The largest absolute Gasteiger partial charge is 0.390 e. The Kier molecular flexibility index (Phi) is 9.00. The van der Waals surface area contributed by atoms with E-state index in [4.69, 9.17) is 0 Å². The molecular formula is C22H44N4O2. The topological polar surface area (TPSA) is 53.4 Å². The van der Waals surface area contributed by atoms with Crippen LogP contribution in [0.4, 0.5) is 0 Å². The van der Waals surface area contributed by atoms with Crippen LogP contribution in [0.1, 0.15) is 39.5 Å². The molecule has 6 heteroatoms. The maximum absolute atomic E-state index is 10.5. The Bertz CT molecular complexity index is 404. The SMILES string of the molecule is C[C@@H]1CCCN(C[C@H](O)CN2CCN(C[C@H](O)CN3CCC[C@H](C)C3)CC2)C1. The van der Waals surface area contributed by atoms with Gasteiger partial charge in [-0.2, -0.15) is 0 Å². The molecule has 0 spiro atoms. The minimum Gasteiger partial charge on any atom is -0.390 e. The van der Waals surface area contributed by atoms with Crippen molar-refractivity contribution in [1.82, 2.24) is 19.6 Å². The van der Waals surface area contributed by atoms with Crippen LogP contribution in [-0.2, 0) is 0 Å². The summed E-state index contributed by atoms with van der Waals surface area (Å²) in [7, 11) is 0. The number of β-amino-alcohol motifs (C(OH)–C–C–N with tert-alkyl or cyclic N) is 2. The Morgan fingerprint density at radius 2 is 0.964 bits per heavy atom. The number of nitrogens with zero attached hydrogens (tertiary/aromatic N) is 4. The van der Waals surface area contributed by atoms with Crippen LogP contribution in [-0.4, -0.2) is 121 Å². The lowest BCUT2D eigenvalue weighted by Gasteiger charge is -2.38. The lowest BCUT2D eigenvalue weighted by atomic mass is 10.00. The maximum atomic E-state index is 10.5. The van der Waals surface area contributed by atoms with Crippen LogP contribution < -0.4 is 0 Å². The van der Waals surface area contributed by atoms with E-state index in [0.29, 0.717) is 0 Å². The van der Waals surface area contributed by atoms with E-state index in [1.807, 2.05) is 0 Å². The second kappa shape index (κ2) is 11.2. The van der Waals surface area contributed by atoms with Crippen molar-refractivity contribution in [2.45, 2.75) is 51.7 Å². The highest BCUT2D eigenvalue weighted by molar-refractivity contribution is 4.80. The van der Waals surface area contributed by atoms with Gasteiger partial charge in [0.15, 0.2) is 0 Å². The predicted molar refractivity (Wildman–Crippen MR) is 115 cm³/mol. The van der Waals surface area contributed by atoms with E-state index >= 15 is 0 Å². The molecule has 2 N–H and O–H groups in total. The summed E-state index contributed by atoms with van der Waals surface area (Å²) in [5.74, 6) is 1.54. The molecule has 3 saturated heterocycles. The van der Waals surface area contributed by atoms with E-state index < -0.39 is 0 Å². The van der Waals surface area contributed by atoms with Gasteiger partial charge < -0.3 is 20.0 Å². The molecule has 3 fully saturated rings. The van der Waals surface area contributed by atoms with Gasteiger partial charge in [0, 0.05) is 65.4 Å². The fourth-order valence-corrected chi connectivity index (χ4v) is 5.37. The first-order chi connectivity index (χ1) is 13.5. The Morgan fingerprint density at radius 3 is 1.32 bits per heavy atom. The highest BCUT2D eigenvalue weighted by Gasteiger charge is 2.25. The van der Waals surface area contributed by atoms with Crippen molar-refractivity contribution >= 4 is 0 Å². The lowest BCUT2D eigenvalue weighted by Crippen LogP contribution is -2.52. The van der Waals surface area contributed by atoms with Gasteiger partial charge >= 0.3 is 0 Å². The minimum atomic E-state index is -0.247. The van der Waals surface area contributed by atoms with E-state index in [9.17, 15) is 10.2 Å². The minimum absolute atomic E-state index is 0.247. The molecule has 0 aliphatic carbocycles. The van der Waals surface area contributed by atoms with Crippen molar-refractivity contribution < 1.29 is 10.2 Å². The first kappa shape index (κ1) is 22.4. The summed E-state index contributed by atoms with van der Waals surface area (Å²) < 4.78 is 0. The lowest BCUT2D eigenvalue weighted by molar-refractivity contribution is 0.0210. The third-order valence-electron chi connectivity index (χ3n) is 6.82. The first-order valence-corrected chi connectivity index (χ1v) is 11.7. The molecule has 3 rings (SSSR count). The van der Waals surface area contributed by atoms with Crippen molar-refractivity contribution in [3.63, 3.8) is 0 Å². The first-order valence-electron chi connectivity index (χ1n) is 11.7. The molecule has 4 atom stereocenters. The Labute approximate surface area is 172 Å². The summed E-state index contributed by atoms with van der Waals surface area (Å²) in [6.45, 7) is 16.4. The van der Waals surface area contributed by atoms with E-state index in [1.54, 1.807) is 0 Å². The number of aliphatic hydroxyl groups is 2. The molecule has 0 aromatic rings. The number of piperazine rings is 1. The number of hydrogen-bond acceptors (Lipinski definition) is 6. The van der Waals surface area contributed by atoms with E-state index in [0.717, 1.165) is 90.4 Å². The zero-order chi connectivity index (χ0) is 19.9. The van der Waals surface area contributed by atoms with Gasteiger partial charge in [0.05, 0.1) is 12.2 Å². The third kappa shape index (κ3) is 7.54. The van der Waals surface area contributed by atoms with E-state index in [1.165, 1.54) is 25.7 Å². The normalized spacial score (nSPS) is 31.7. The molecule has 0 amide bonds. The monoisotopic (exact) mass is 396 g/mol. The quantitative estimate of drug-likeness (QED) is 0.633. The molecule has 3 heterocycles. The average molecular weight is 397 g/mol. The van der Waals surface area contributed by atoms with Gasteiger partial charge in [-0.1, -0.05) is 13.8 Å². The highest BCUT2D eigenvalue weighted by atomic mass is 16.3. The van der Waals surface area contributed by atoms with Gasteiger partial charge in [-0.3, -0.25) is 9.80 Å². The summed E-state index contributed by atoms with van der Waals surface area (Å²) in [6.07, 6.45) is 4.71. The van der Waals surface area contributed by atoms with Crippen LogP contribution in [0.5, 0.6) is 0 Å². The summed E-state index contributed by atoms with van der Waals surface area (Å²) in [4.78, 5) is 9.67. The molecule has 3 aliphatic rings. The van der Waals surface area contributed by atoms with Crippen molar-refractivity contribution in [3.05, 3.63) is 0 Å². The van der Waals surface area contributed by atoms with Crippen molar-refractivity contribution in [2.24, 2.45) is 11.8 Å². The van der Waals surface area contributed by atoms with Gasteiger partial charge in [-0.25, -0.2) is 0 Å². The molecule has 0 aromatic heterocycles.